The minimum Gasteiger partial charge on any atom is -0.342 e. The van der Waals surface area contributed by atoms with Crippen LogP contribution in [-0.2, 0) is 4.79 Å². The molecule has 0 spiro atoms. The van der Waals surface area contributed by atoms with Gasteiger partial charge in [-0.1, -0.05) is 61.4 Å². The Kier molecular flexibility index (Phi) is 5.82. The number of thioether (sulfide) groups is 1. The second-order valence-corrected chi connectivity index (χ2v) is 8.97. The zero-order valence-corrected chi connectivity index (χ0v) is 17.4. The molecule has 1 fully saturated rings. The smallest absolute Gasteiger partial charge is 0.260 e. The first-order valence-corrected chi connectivity index (χ1v) is 11.5. The number of nitrogens with zero attached hydrogens (tertiary/aromatic N) is 2. The molecule has 1 aliphatic rings. The fourth-order valence-electron chi connectivity index (χ4n) is 3.73. The van der Waals surface area contributed by atoms with Crippen molar-refractivity contribution in [3.8, 4) is 11.1 Å². The van der Waals surface area contributed by atoms with Crippen molar-refractivity contribution in [1.29, 1.82) is 0 Å². The predicted octanol–water partition coefficient (Wildman–Crippen LogP) is 4.53. The third kappa shape index (κ3) is 4.00. The summed E-state index contributed by atoms with van der Waals surface area (Å²) in [6.45, 7) is 0. The van der Waals surface area contributed by atoms with Crippen molar-refractivity contribution < 1.29 is 4.79 Å². The van der Waals surface area contributed by atoms with Crippen molar-refractivity contribution in [3.63, 3.8) is 0 Å². The summed E-state index contributed by atoms with van der Waals surface area (Å²) < 4.78 is 0. The predicted molar refractivity (Wildman–Crippen MR) is 116 cm³/mol. The van der Waals surface area contributed by atoms with Crippen molar-refractivity contribution >= 4 is 39.2 Å². The van der Waals surface area contributed by atoms with Gasteiger partial charge >= 0.3 is 0 Å². The van der Waals surface area contributed by atoms with Gasteiger partial charge in [-0.3, -0.25) is 9.59 Å². The average Bonchev–Trinajstić information content (AvgIpc) is 3.17. The van der Waals surface area contributed by atoms with E-state index < -0.39 is 0 Å². The van der Waals surface area contributed by atoms with E-state index in [1.165, 1.54) is 42.4 Å². The zero-order chi connectivity index (χ0) is 19.5. The van der Waals surface area contributed by atoms with E-state index in [-0.39, 0.29) is 11.5 Å². The molecule has 146 valence electrons. The van der Waals surface area contributed by atoms with Crippen LogP contribution in [0.15, 0.2) is 45.7 Å². The number of benzene rings is 1. The Morgan fingerprint density at radius 3 is 2.75 bits per heavy atom. The maximum Gasteiger partial charge on any atom is 0.260 e. The molecule has 0 atom stereocenters. The molecule has 7 heteroatoms. The molecule has 1 aromatic carbocycles. The maximum absolute atomic E-state index is 12.7. The number of aromatic nitrogens is 2. The molecule has 1 saturated carbocycles. The SMILES string of the molecule is CN(C(=O)CSc1nc2scc(-c3ccccc3)c2c(=O)[nH]1)C1CCCCC1. The number of nitrogens with one attached hydrogen (secondary N) is 1. The molecule has 5 nitrogen and oxygen atoms in total. The van der Waals surface area contributed by atoms with E-state index in [0.29, 0.717) is 27.2 Å². The Hall–Kier alpha value is -2.12. The number of carbonyl (C=O) groups is 1. The fraction of sp³-hybridized carbons (Fsp3) is 0.381. The van der Waals surface area contributed by atoms with E-state index in [1.807, 2.05) is 47.7 Å². The Bertz CT molecular complexity index is 1020. The molecule has 2 aromatic heterocycles. The van der Waals surface area contributed by atoms with E-state index in [1.54, 1.807) is 0 Å². The number of amides is 1. The quantitative estimate of drug-likeness (QED) is 0.493. The topological polar surface area (TPSA) is 66.1 Å². The molecule has 3 aromatic rings. The van der Waals surface area contributed by atoms with Crippen molar-refractivity contribution in [1.82, 2.24) is 14.9 Å². The Morgan fingerprint density at radius 2 is 2.00 bits per heavy atom. The molecule has 28 heavy (non-hydrogen) atoms. The highest BCUT2D eigenvalue weighted by molar-refractivity contribution is 7.99. The minimum atomic E-state index is -0.152. The average molecular weight is 414 g/mol. The van der Waals surface area contributed by atoms with Crippen LogP contribution in [0.1, 0.15) is 32.1 Å². The number of rotatable bonds is 5. The molecule has 0 radical (unpaired) electrons. The summed E-state index contributed by atoms with van der Waals surface area (Å²) in [5.41, 5.74) is 1.76. The summed E-state index contributed by atoms with van der Waals surface area (Å²) >= 11 is 2.76. The lowest BCUT2D eigenvalue weighted by Crippen LogP contribution is -2.39. The highest BCUT2D eigenvalue weighted by Crippen LogP contribution is 2.31. The van der Waals surface area contributed by atoms with E-state index in [9.17, 15) is 9.59 Å². The number of H-pyrrole nitrogens is 1. The van der Waals surface area contributed by atoms with Crippen LogP contribution >= 0.6 is 23.1 Å². The van der Waals surface area contributed by atoms with Crippen molar-refractivity contribution in [2.75, 3.05) is 12.8 Å². The van der Waals surface area contributed by atoms with E-state index in [2.05, 4.69) is 9.97 Å². The molecule has 0 saturated heterocycles. The van der Waals surface area contributed by atoms with Gasteiger partial charge in [0.2, 0.25) is 5.91 Å². The Morgan fingerprint density at radius 1 is 1.25 bits per heavy atom. The van der Waals surface area contributed by atoms with Crippen LogP contribution in [0.25, 0.3) is 21.3 Å². The lowest BCUT2D eigenvalue weighted by molar-refractivity contribution is -0.129. The number of carbonyl (C=O) groups excluding carboxylic acids is 1. The fourth-order valence-corrected chi connectivity index (χ4v) is 5.52. The van der Waals surface area contributed by atoms with Crippen LogP contribution in [-0.4, -0.2) is 39.6 Å². The zero-order valence-electron chi connectivity index (χ0n) is 15.8. The van der Waals surface area contributed by atoms with Gasteiger partial charge in [-0.2, -0.15) is 0 Å². The molecule has 4 rings (SSSR count). The van der Waals surface area contributed by atoms with E-state index >= 15 is 0 Å². The van der Waals surface area contributed by atoms with Crippen molar-refractivity contribution in [3.05, 3.63) is 46.1 Å². The van der Waals surface area contributed by atoms with Gasteiger partial charge in [0.05, 0.1) is 11.1 Å². The molecule has 2 heterocycles. The molecule has 0 unspecified atom stereocenters. The second-order valence-electron chi connectivity index (χ2n) is 7.15. The van der Waals surface area contributed by atoms with Gasteiger partial charge in [0.1, 0.15) is 4.83 Å². The van der Waals surface area contributed by atoms with Crippen LogP contribution in [0.4, 0.5) is 0 Å². The molecule has 0 aliphatic heterocycles. The molecule has 1 N–H and O–H groups in total. The van der Waals surface area contributed by atoms with Crippen LogP contribution < -0.4 is 5.56 Å². The van der Waals surface area contributed by atoms with Gasteiger partial charge < -0.3 is 9.88 Å². The van der Waals surface area contributed by atoms with Gasteiger partial charge in [0.15, 0.2) is 5.16 Å². The molecule has 1 amide bonds. The molecular formula is C21H23N3O2S2. The normalized spacial score (nSPS) is 15.0. The van der Waals surface area contributed by atoms with E-state index in [4.69, 9.17) is 0 Å². The molecule has 1 aliphatic carbocycles. The molecular weight excluding hydrogens is 390 g/mol. The Balaban J connectivity index is 1.49. The largest absolute Gasteiger partial charge is 0.342 e. The number of aromatic amines is 1. The highest BCUT2D eigenvalue weighted by Gasteiger charge is 2.22. The van der Waals surface area contributed by atoms with Crippen molar-refractivity contribution in [2.24, 2.45) is 0 Å². The first-order chi connectivity index (χ1) is 13.6. The summed E-state index contributed by atoms with van der Waals surface area (Å²) in [5.74, 6) is 0.383. The summed E-state index contributed by atoms with van der Waals surface area (Å²) in [7, 11) is 1.89. The monoisotopic (exact) mass is 413 g/mol. The van der Waals surface area contributed by atoms with Gasteiger partial charge in [-0.25, -0.2) is 4.98 Å². The maximum atomic E-state index is 12.7. The van der Waals surface area contributed by atoms with Crippen molar-refractivity contribution in [2.45, 2.75) is 43.3 Å². The second kappa shape index (κ2) is 8.49. The van der Waals surface area contributed by atoms with Gasteiger partial charge in [0, 0.05) is 24.0 Å². The van der Waals surface area contributed by atoms with Gasteiger partial charge in [0.25, 0.3) is 5.56 Å². The first kappa shape index (κ1) is 19.2. The summed E-state index contributed by atoms with van der Waals surface area (Å²) in [6, 6.07) is 10.2. The first-order valence-electron chi connectivity index (χ1n) is 9.59. The standard InChI is InChI=1S/C21H23N3O2S2/c1-24(15-10-6-3-7-11-15)17(25)13-28-21-22-19(26)18-16(12-27-20(18)23-21)14-8-4-2-5-9-14/h2,4-5,8-9,12,15H,3,6-7,10-11,13H2,1H3,(H,22,23,26). The third-order valence-electron chi connectivity index (χ3n) is 5.36. The highest BCUT2D eigenvalue weighted by atomic mass is 32.2. The van der Waals surface area contributed by atoms with Crippen LogP contribution in [0, 0.1) is 0 Å². The summed E-state index contributed by atoms with van der Waals surface area (Å²) in [4.78, 5) is 35.2. The van der Waals surface area contributed by atoms with Crippen LogP contribution in [0.2, 0.25) is 0 Å². The number of fused-ring (bicyclic) bond motifs is 1. The minimum absolute atomic E-state index is 0.0933. The van der Waals surface area contributed by atoms with Crippen LogP contribution in [0.5, 0.6) is 0 Å². The van der Waals surface area contributed by atoms with E-state index in [0.717, 1.165) is 24.0 Å². The van der Waals surface area contributed by atoms with Crippen LogP contribution in [0.3, 0.4) is 0 Å². The summed E-state index contributed by atoms with van der Waals surface area (Å²) in [5, 5.41) is 3.09. The van der Waals surface area contributed by atoms with Gasteiger partial charge in [-0.15, -0.1) is 11.3 Å². The Labute approximate surface area is 172 Å². The number of hydrogen-bond donors (Lipinski definition) is 1. The van der Waals surface area contributed by atoms with Gasteiger partial charge in [-0.05, 0) is 18.4 Å². The summed E-state index contributed by atoms with van der Waals surface area (Å²) in [6.07, 6.45) is 5.84. The lowest BCUT2D eigenvalue weighted by Gasteiger charge is -2.31. The number of thiophene rings is 1. The molecule has 0 bridgehead atoms. The lowest BCUT2D eigenvalue weighted by atomic mass is 9.94. The third-order valence-corrected chi connectivity index (χ3v) is 7.09. The number of hydrogen-bond acceptors (Lipinski definition) is 5.